The number of carbonyl (C=O) groups excluding carboxylic acids is 1. The Bertz CT molecular complexity index is 588. The van der Waals surface area contributed by atoms with Crippen LogP contribution in [0, 0.1) is 11.6 Å². The Morgan fingerprint density at radius 2 is 1.79 bits per heavy atom. The molecule has 0 heterocycles. The molecule has 19 heavy (non-hydrogen) atoms. The van der Waals surface area contributed by atoms with Crippen LogP contribution in [0.3, 0.4) is 0 Å². The highest BCUT2D eigenvalue weighted by Gasteiger charge is 2.14. The minimum absolute atomic E-state index is 0.113. The van der Waals surface area contributed by atoms with E-state index >= 15 is 0 Å². The predicted octanol–water partition coefficient (Wildman–Crippen LogP) is 3.06. The van der Waals surface area contributed by atoms with Crippen LogP contribution in [0.5, 0.6) is 11.5 Å². The largest absolute Gasteiger partial charge is 0.451 e. The zero-order valence-corrected chi connectivity index (χ0v) is 9.77. The number of ether oxygens (including phenoxy) is 1. The maximum absolute atomic E-state index is 13.6. The number of aldehydes is 1. The van der Waals surface area contributed by atoms with Gasteiger partial charge >= 0.3 is 0 Å². The molecule has 0 aromatic heterocycles. The zero-order valence-electron chi connectivity index (χ0n) is 9.77. The first-order valence-corrected chi connectivity index (χ1v) is 5.46. The van der Waals surface area contributed by atoms with Crippen molar-refractivity contribution >= 4 is 6.29 Å². The average Bonchev–Trinajstić information content (AvgIpc) is 2.43. The molecule has 0 saturated carbocycles. The molecule has 2 rings (SSSR count). The molecule has 0 bridgehead atoms. The number of aliphatic hydroxyl groups is 1. The van der Waals surface area contributed by atoms with Crippen molar-refractivity contribution in [2.45, 2.75) is 6.61 Å². The molecule has 2 aromatic rings. The molecule has 98 valence electrons. The summed E-state index contributed by atoms with van der Waals surface area (Å²) in [7, 11) is 0. The predicted molar refractivity (Wildman–Crippen MR) is 64.2 cm³/mol. The number of rotatable bonds is 4. The fourth-order valence-corrected chi connectivity index (χ4v) is 1.59. The highest BCUT2D eigenvalue weighted by atomic mass is 19.1. The lowest BCUT2D eigenvalue weighted by atomic mass is 10.2. The van der Waals surface area contributed by atoms with Gasteiger partial charge in [-0.05, 0) is 18.2 Å². The molecule has 3 nitrogen and oxygen atoms in total. The molecule has 0 fully saturated rings. The van der Waals surface area contributed by atoms with Gasteiger partial charge < -0.3 is 9.84 Å². The number of para-hydroxylation sites is 1. The second kappa shape index (κ2) is 5.58. The number of halogens is 2. The van der Waals surface area contributed by atoms with E-state index in [1.807, 2.05) is 0 Å². The van der Waals surface area contributed by atoms with Crippen LogP contribution in [0.2, 0.25) is 0 Å². The van der Waals surface area contributed by atoms with Crippen molar-refractivity contribution in [2.24, 2.45) is 0 Å². The van der Waals surface area contributed by atoms with Gasteiger partial charge in [0, 0.05) is 11.1 Å². The number of hydrogen-bond acceptors (Lipinski definition) is 3. The third-order valence-electron chi connectivity index (χ3n) is 2.51. The average molecular weight is 264 g/mol. The van der Waals surface area contributed by atoms with E-state index in [1.165, 1.54) is 6.07 Å². The van der Waals surface area contributed by atoms with Gasteiger partial charge in [0.2, 0.25) is 0 Å². The molecular weight excluding hydrogens is 254 g/mol. The Morgan fingerprint density at radius 3 is 2.37 bits per heavy atom. The molecule has 0 aliphatic heterocycles. The summed E-state index contributed by atoms with van der Waals surface area (Å²) in [6, 6.07) is 8.10. The fourth-order valence-electron chi connectivity index (χ4n) is 1.59. The molecule has 0 amide bonds. The van der Waals surface area contributed by atoms with Crippen molar-refractivity contribution in [1.82, 2.24) is 0 Å². The van der Waals surface area contributed by atoms with Crippen LogP contribution in [0.15, 0.2) is 36.4 Å². The topological polar surface area (TPSA) is 46.5 Å². The van der Waals surface area contributed by atoms with Crippen molar-refractivity contribution in [2.75, 3.05) is 0 Å². The van der Waals surface area contributed by atoms with Crippen LogP contribution in [-0.4, -0.2) is 11.4 Å². The fraction of sp³-hybridized carbons (Fsp3) is 0.0714. The maximum atomic E-state index is 13.6. The Morgan fingerprint density at radius 1 is 1.16 bits per heavy atom. The number of carbonyl (C=O) groups is 1. The van der Waals surface area contributed by atoms with Gasteiger partial charge in [-0.3, -0.25) is 4.79 Å². The molecule has 0 aliphatic rings. The van der Waals surface area contributed by atoms with E-state index in [9.17, 15) is 13.6 Å². The van der Waals surface area contributed by atoms with E-state index in [0.29, 0.717) is 11.8 Å². The standard InChI is InChI=1S/C14H10F2O3/c15-11-5-9(7-17)6-12(16)14(11)19-13-4-2-1-3-10(13)8-18/h1-7,18H,8H2. The van der Waals surface area contributed by atoms with Crippen LogP contribution in [0.4, 0.5) is 8.78 Å². The summed E-state index contributed by atoms with van der Waals surface area (Å²) in [5, 5.41) is 9.10. The summed E-state index contributed by atoms with van der Waals surface area (Å²) in [6.45, 7) is -0.314. The van der Waals surface area contributed by atoms with Crippen molar-refractivity contribution in [3.05, 3.63) is 59.2 Å². The summed E-state index contributed by atoms with van der Waals surface area (Å²) in [6.07, 6.45) is 0.345. The van der Waals surface area contributed by atoms with E-state index in [0.717, 1.165) is 12.1 Å². The summed E-state index contributed by atoms with van der Waals surface area (Å²) in [5.74, 6) is -2.40. The lowest BCUT2D eigenvalue weighted by molar-refractivity contribution is 0.112. The number of benzene rings is 2. The third-order valence-corrected chi connectivity index (χ3v) is 2.51. The number of aliphatic hydroxyl groups excluding tert-OH is 1. The van der Waals surface area contributed by atoms with E-state index < -0.39 is 17.4 Å². The maximum Gasteiger partial charge on any atom is 0.198 e. The molecule has 1 N–H and O–H groups in total. The Labute approximate surface area is 108 Å². The summed E-state index contributed by atoms with van der Waals surface area (Å²) in [5.41, 5.74) is 0.290. The van der Waals surface area contributed by atoms with E-state index in [2.05, 4.69) is 0 Å². The van der Waals surface area contributed by atoms with E-state index in [-0.39, 0.29) is 17.9 Å². The van der Waals surface area contributed by atoms with Crippen molar-refractivity contribution in [1.29, 1.82) is 0 Å². The first-order valence-electron chi connectivity index (χ1n) is 5.46. The Hall–Kier alpha value is -2.27. The monoisotopic (exact) mass is 264 g/mol. The van der Waals surface area contributed by atoms with Gasteiger partial charge in [-0.15, -0.1) is 0 Å². The van der Waals surface area contributed by atoms with Crippen LogP contribution < -0.4 is 4.74 Å². The second-order valence-electron chi connectivity index (χ2n) is 3.80. The molecule has 0 aliphatic carbocycles. The molecule has 0 spiro atoms. The summed E-state index contributed by atoms with van der Waals surface area (Å²) < 4.78 is 32.4. The minimum Gasteiger partial charge on any atom is -0.451 e. The first-order chi connectivity index (χ1) is 9.15. The van der Waals surface area contributed by atoms with Gasteiger partial charge in [0.15, 0.2) is 17.4 Å². The minimum atomic E-state index is -0.977. The summed E-state index contributed by atoms with van der Waals surface area (Å²) >= 11 is 0. The van der Waals surface area contributed by atoms with Crippen LogP contribution in [-0.2, 0) is 6.61 Å². The quantitative estimate of drug-likeness (QED) is 0.863. The zero-order chi connectivity index (χ0) is 13.8. The highest BCUT2D eigenvalue weighted by molar-refractivity contribution is 5.75. The van der Waals surface area contributed by atoms with Gasteiger partial charge in [0.1, 0.15) is 12.0 Å². The molecular formula is C14H10F2O3. The van der Waals surface area contributed by atoms with Crippen molar-refractivity contribution in [3.63, 3.8) is 0 Å². The first kappa shape index (κ1) is 13.2. The molecule has 0 atom stereocenters. The van der Waals surface area contributed by atoms with Gasteiger partial charge in [0.05, 0.1) is 6.61 Å². The van der Waals surface area contributed by atoms with Crippen LogP contribution in [0.1, 0.15) is 15.9 Å². The Kier molecular flexibility index (Phi) is 3.87. The SMILES string of the molecule is O=Cc1cc(F)c(Oc2ccccc2CO)c(F)c1. The third kappa shape index (κ3) is 2.77. The molecule has 0 unspecified atom stereocenters. The van der Waals surface area contributed by atoms with Gasteiger partial charge in [-0.1, -0.05) is 18.2 Å². The van der Waals surface area contributed by atoms with Gasteiger partial charge in [0.25, 0.3) is 0 Å². The molecule has 0 saturated heterocycles. The molecule has 2 aromatic carbocycles. The lowest BCUT2D eigenvalue weighted by Gasteiger charge is -2.11. The second-order valence-corrected chi connectivity index (χ2v) is 3.80. The smallest absolute Gasteiger partial charge is 0.198 e. The highest BCUT2D eigenvalue weighted by Crippen LogP contribution is 2.30. The van der Waals surface area contributed by atoms with Crippen LogP contribution >= 0.6 is 0 Å². The van der Waals surface area contributed by atoms with E-state index in [1.54, 1.807) is 18.2 Å². The van der Waals surface area contributed by atoms with E-state index in [4.69, 9.17) is 9.84 Å². The number of hydrogen-bond donors (Lipinski definition) is 1. The molecule has 0 radical (unpaired) electrons. The van der Waals surface area contributed by atoms with Crippen molar-refractivity contribution in [3.8, 4) is 11.5 Å². The summed E-state index contributed by atoms with van der Waals surface area (Å²) in [4.78, 5) is 10.5. The van der Waals surface area contributed by atoms with Gasteiger partial charge in [-0.2, -0.15) is 0 Å². The normalized spacial score (nSPS) is 10.3. The van der Waals surface area contributed by atoms with Crippen molar-refractivity contribution < 1.29 is 23.4 Å². The lowest BCUT2D eigenvalue weighted by Crippen LogP contribution is -1.97. The van der Waals surface area contributed by atoms with Gasteiger partial charge in [-0.25, -0.2) is 8.78 Å². The Balaban J connectivity index is 2.41. The molecule has 5 heteroatoms. The van der Waals surface area contributed by atoms with Crippen LogP contribution in [0.25, 0.3) is 0 Å².